The van der Waals surface area contributed by atoms with Crippen LogP contribution < -0.4 is 4.74 Å². The summed E-state index contributed by atoms with van der Waals surface area (Å²) in [7, 11) is 1.63. The van der Waals surface area contributed by atoms with Crippen LogP contribution in [-0.4, -0.2) is 16.7 Å². The molecule has 17 heavy (non-hydrogen) atoms. The molecule has 86 valence electrons. The monoisotopic (exact) mass is 291 g/mol. The Hall–Kier alpha value is -1.80. The third-order valence-corrected chi connectivity index (χ3v) is 2.89. The van der Waals surface area contributed by atoms with Gasteiger partial charge >= 0.3 is 0 Å². The molecular weight excluding hydrogens is 282 g/mol. The third-order valence-electron chi connectivity index (χ3n) is 2.40. The molecular formula is C12H10BrN3O. The maximum atomic E-state index is 8.89. The Kier molecular flexibility index (Phi) is 3.45. The lowest BCUT2D eigenvalue weighted by Crippen LogP contribution is -2.03. The van der Waals surface area contributed by atoms with Crippen LogP contribution in [0.5, 0.6) is 5.75 Å². The average molecular weight is 292 g/mol. The zero-order valence-corrected chi connectivity index (χ0v) is 10.8. The van der Waals surface area contributed by atoms with Gasteiger partial charge < -0.3 is 9.30 Å². The Morgan fingerprint density at radius 1 is 1.53 bits per heavy atom. The molecule has 0 saturated carbocycles. The first kappa shape index (κ1) is 11.7. The van der Waals surface area contributed by atoms with Gasteiger partial charge in [-0.1, -0.05) is 15.9 Å². The van der Waals surface area contributed by atoms with Crippen LogP contribution in [0.2, 0.25) is 0 Å². The van der Waals surface area contributed by atoms with Crippen LogP contribution in [0.4, 0.5) is 0 Å². The number of hydrogen-bond acceptors (Lipinski definition) is 3. The van der Waals surface area contributed by atoms with Crippen LogP contribution in [0, 0.1) is 11.3 Å². The van der Waals surface area contributed by atoms with E-state index < -0.39 is 0 Å². The zero-order chi connectivity index (χ0) is 12.3. The minimum Gasteiger partial charge on any atom is -0.496 e. The predicted octanol–water partition coefficient (Wildman–Crippen LogP) is 2.57. The number of aromatic nitrogens is 2. The van der Waals surface area contributed by atoms with E-state index in [9.17, 15) is 0 Å². The van der Waals surface area contributed by atoms with Gasteiger partial charge in [0.25, 0.3) is 0 Å². The number of nitrogens with zero attached hydrogens (tertiary/aromatic N) is 3. The summed E-state index contributed by atoms with van der Waals surface area (Å²) < 4.78 is 8.05. The molecule has 0 saturated heterocycles. The number of benzene rings is 1. The molecule has 0 aliphatic heterocycles. The van der Waals surface area contributed by atoms with E-state index in [-0.39, 0.29) is 0 Å². The number of ether oxygens (including phenoxy) is 1. The standard InChI is InChI=1S/C12H10BrN3O/c1-17-11-3-2-10(13)6-9(11)8-16-5-4-15-12(16)7-14/h2-6H,8H2,1H3. The first-order valence-corrected chi connectivity index (χ1v) is 5.77. The van der Waals surface area contributed by atoms with Crippen LogP contribution in [-0.2, 0) is 6.54 Å². The van der Waals surface area contributed by atoms with Crippen molar-refractivity contribution in [2.45, 2.75) is 6.54 Å². The lowest BCUT2D eigenvalue weighted by atomic mass is 10.2. The molecule has 4 nitrogen and oxygen atoms in total. The van der Waals surface area contributed by atoms with Crippen molar-refractivity contribution in [3.05, 3.63) is 46.5 Å². The van der Waals surface area contributed by atoms with Gasteiger partial charge in [-0.05, 0) is 18.2 Å². The van der Waals surface area contributed by atoms with Crippen molar-refractivity contribution in [3.8, 4) is 11.8 Å². The van der Waals surface area contributed by atoms with Crippen molar-refractivity contribution in [2.24, 2.45) is 0 Å². The first-order valence-electron chi connectivity index (χ1n) is 4.98. The lowest BCUT2D eigenvalue weighted by Gasteiger charge is -2.10. The van der Waals surface area contributed by atoms with E-state index in [0.717, 1.165) is 15.8 Å². The highest BCUT2D eigenvalue weighted by Crippen LogP contribution is 2.24. The molecule has 2 rings (SSSR count). The molecule has 0 aliphatic rings. The maximum Gasteiger partial charge on any atom is 0.213 e. The van der Waals surface area contributed by atoms with Crippen molar-refractivity contribution < 1.29 is 4.74 Å². The Balaban J connectivity index is 2.36. The molecule has 0 spiro atoms. The van der Waals surface area contributed by atoms with Crippen LogP contribution in [0.15, 0.2) is 35.1 Å². The van der Waals surface area contributed by atoms with Gasteiger partial charge in [-0.25, -0.2) is 4.98 Å². The summed E-state index contributed by atoms with van der Waals surface area (Å²) >= 11 is 3.42. The lowest BCUT2D eigenvalue weighted by molar-refractivity contribution is 0.408. The molecule has 0 radical (unpaired) electrons. The molecule has 0 unspecified atom stereocenters. The fourth-order valence-corrected chi connectivity index (χ4v) is 2.01. The van der Waals surface area contributed by atoms with Gasteiger partial charge in [0.1, 0.15) is 11.8 Å². The minimum absolute atomic E-state index is 0.395. The second-order valence-electron chi connectivity index (χ2n) is 3.45. The fraction of sp³-hybridized carbons (Fsp3) is 0.167. The molecule has 0 atom stereocenters. The third kappa shape index (κ3) is 2.48. The van der Waals surface area contributed by atoms with Crippen molar-refractivity contribution in [2.75, 3.05) is 7.11 Å². The Bertz CT molecular complexity index is 571. The SMILES string of the molecule is COc1ccc(Br)cc1Cn1ccnc1C#N. The van der Waals surface area contributed by atoms with Gasteiger partial charge in [0.05, 0.1) is 13.7 Å². The maximum absolute atomic E-state index is 8.89. The van der Waals surface area contributed by atoms with Crippen molar-refractivity contribution in [3.63, 3.8) is 0 Å². The molecule has 0 N–H and O–H groups in total. The minimum atomic E-state index is 0.395. The van der Waals surface area contributed by atoms with Crippen LogP contribution in [0.25, 0.3) is 0 Å². The highest BCUT2D eigenvalue weighted by molar-refractivity contribution is 9.10. The predicted molar refractivity (Wildman–Crippen MR) is 66.7 cm³/mol. The summed E-state index contributed by atoms with van der Waals surface area (Å²) in [5, 5.41) is 8.89. The van der Waals surface area contributed by atoms with E-state index >= 15 is 0 Å². The smallest absolute Gasteiger partial charge is 0.213 e. The number of rotatable bonds is 3. The molecule has 5 heteroatoms. The highest BCUT2D eigenvalue weighted by Gasteiger charge is 2.07. The second kappa shape index (κ2) is 5.02. The topological polar surface area (TPSA) is 50.8 Å². The van der Waals surface area contributed by atoms with E-state index in [2.05, 4.69) is 20.9 Å². The quantitative estimate of drug-likeness (QED) is 0.873. The summed E-state index contributed by atoms with van der Waals surface area (Å²) in [6.07, 6.45) is 3.39. The van der Waals surface area contributed by atoms with Crippen LogP contribution in [0.1, 0.15) is 11.4 Å². The molecule has 1 heterocycles. The van der Waals surface area contributed by atoms with Crippen molar-refractivity contribution in [1.29, 1.82) is 5.26 Å². The summed E-state index contributed by atoms with van der Waals surface area (Å²) in [6, 6.07) is 7.83. The molecule has 0 amide bonds. The van der Waals surface area contributed by atoms with E-state index in [1.165, 1.54) is 0 Å². The average Bonchev–Trinajstić information content (AvgIpc) is 2.77. The van der Waals surface area contributed by atoms with Gasteiger partial charge in [0, 0.05) is 22.4 Å². The number of nitriles is 1. The van der Waals surface area contributed by atoms with Gasteiger partial charge in [0.2, 0.25) is 5.82 Å². The molecule has 1 aromatic heterocycles. The van der Waals surface area contributed by atoms with E-state index in [4.69, 9.17) is 10.00 Å². The Morgan fingerprint density at radius 3 is 3.06 bits per heavy atom. The van der Waals surface area contributed by atoms with Crippen LogP contribution >= 0.6 is 15.9 Å². The van der Waals surface area contributed by atoms with E-state index in [1.807, 2.05) is 24.3 Å². The first-order chi connectivity index (χ1) is 8.24. The molecule has 0 fully saturated rings. The van der Waals surface area contributed by atoms with Crippen LogP contribution in [0.3, 0.4) is 0 Å². The number of imidazole rings is 1. The summed E-state index contributed by atoms with van der Waals surface area (Å²) in [4.78, 5) is 3.96. The molecule has 1 aromatic carbocycles. The Labute approximate surface area is 108 Å². The largest absolute Gasteiger partial charge is 0.496 e. The molecule has 2 aromatic rings. The number of halogens is 1. The number of methoxy groups -OCH3 is 1. The van der Waals surface area contributed by atoms with Gasteiger partial charge in [-0.2, -0.15) is 5.26 Å². The van der Waals surface area contributed by atoms with E-state index in [0.29, 0.717) is 12.4 Å². The zero-order valence-electron chi connectivity index (χ0n) is 9.22. The highest BCUT2D eigenvalue weighted by atomic mass is 79.9. The van der Waals surface area contributed by atoms with E-state index in [1.54, 1.807) is 24.1 Å². The molecule has 0 aliphatic carbocycles. The van der Waals surface area contributed by atoms with Crippen molar-refractivity contribution in [1.82, 2.24) is 9.55 Å². The molecule has 0 bridgehead atoms. The Morgan fingerprint density at radius 2 is 2.35 bits per heavy atom. The van der Waals surface area contributed by atoms with Crippen molar-refractivity contribution >= 4 is 15.9 Å². The second-order valence-corrected chi connectivity index (χ2v) is 4.36. The number of hydrogen-bond donors (Lipinski definition) is 0. The summed E-state index contributed by atoms with van der Waals surface area (Å²) in [5.41, 5.74) is 0.997. The van der Waals surface area contributed by atoms with Gasteiger partial charge in [-0.3, -0.25) is 0 Å². The summed E-state index contributed by atoms with van der Waals surface area (Å²) in [6.45, 7) is 0.561. The summed E-state index contributed by atoms with van der Waals surface area (Å²) in [5.74, 6) is 1.19. The van der Waals surface area contributed by atoms with Gasteiger partial charge in [-0.15, -0.1) is 0 Å². The fourth-order valence-electron chi connectivity index (χ4n) is 1.60. The normalized spacial score (nSPS) is 9.94. The van der Waals surface area contributed by atoms with Gasteiger partial charge in [0.15, 0.2) is 0 Å².